The van der Waals surface area contributed by atoms with Crippen LogP contribution in [0.1, 0.15) is 0 Å². The van der Waals surface area contributed by atoms with Gasteiger partial charge in [-0.3, -0.25) is 0 Å². The van der Waals surface area contributed by atoms with Crippen molar-refractivity contribution < 1.29 is 0 Å². The standard InChI is InChI=1S/C60H41GeN3.C42H26N3.3C6H5.Sn/c1-4-19-42(20-5-1)61(43-21-6-2-7-22-43,44-23-8-3-9-24-44)45-25-18-26-46(39-45)62-57-33-16-12-29-51(57)53-41-48(36-37-59(53)62)64-58-34-17-13-30-52(58)54-40-47(35-38-60(54)64)63-55-31-14-10-27-49(55)50-28-11-15-32-56(50)63;1-2-12-28(13-3-1)43-39-20-10-6-16-33(39)35-27-30(22-24-41(35)43)45-40-21-11-7-17-34(40)36-26-29(23-25-42(36)45)44-37-18-8-4-14-31(37)32-15-5-9-19-38(32)44;3*1-2-4-6-5-3-1;/h1-41H;1-2,4-27H;3*1-5H;. The van der Waals surface area contributed by atoms with Gasteiger partial charge in [0.2, 0.25) is 0 Å². The van der Waals surface area contributed by atoms with Crippen molar-refractivity contribution in [2.75, 3.05) is 0 Å². The second kappa shape index (κ2) is 30.7. The molecule has 0 saturated heterocycles. The molecular weight excluding hydrogens is 1720 g/mol. The Labute approximate surface area is 747 Å². The van der Waals surface area contributed by atoms with Crippen LogP contribution in [0.2, 0.25) is 0 Å². The number of aromatic nitrogens is 6. The fourth-order valence-corrected chi connectivity index (χ4v) is 45.5. The first-order valence-electron chi connectivity index (χ1n) is 44.2. The van der Waals surface area contributed by atoms with Crippen LogP contribution in [-0.4, -0.2) is 59.0 Å². The van der Waals surface area contributed by atoms with E-state index >= 15 is 0 Å². The fraction of sp³-hybridized carbons (Fsp3) is 0. The molecule has 6 aromatic heterocycles. The molecule has 0 aliphatic heterocycles. The van der Waals surface area contributed by atoms with Gasteiger partial charge < -0.3 is 9.13 Å². The number of para-hydroxylation sites is 8. The molecule has 0 amide bonds. The summed E-state index contributed by atoms with van der Waals surface area (Å²) in [6, 6.07) is 185. The van der Waals surface area contributed by atoms with Crippen molar-refractivity contribution in [2.45, 2.75) is 0 Å². The van der Waals surface area contributed by atoms with E-state index in [1.165, 1.54) is 174 Å². The van der Waals surface area contributed by atoms with E-state index in [0.717, 1.165) is 22.7 Å². The van der Waals surface area contributed by atoms with E-state index in [4.69, 9.17) is 0 Å². The van der Waals surface area contributed by atoms with E-state index in [2.05, 4.69) is 525 Å². The van der Waals surface area contributed by atoms with Crippen molar-refractivity contribution in [3.8, 4) is 34.1 Å². The summed E-state index contributed by atoms with van der Waals surface area (Å²) in [5, 5.41) is 15.0. The summed E-state index contributed by atoms with van der Waals surface area (Å²) >= 11 is -7.38. The molecule has 20 aromatic carbocycles. The Morgan fingerprint density at radius 2 is 0.312 bits per heavy atom. The zero-order valence-corrected chi connectivity index (χ0v) is 75.0. The van der Waals surface area contributed by atoms with E-state index in [0.29, 0.717) is 0 Å². The summed E-state index contributed by atoms with van der Waals surface area (Å²) in [5.74, 6) is 0. The Hall–Kier alpha value is -15.5. The van der Waals surface area contributed by atoms with E-state index in [9.17, 15) is 0 Å². The van der Waals surface area contributed by atoms with Crippen LogP contribution in [0.3, 0.4) is 0 Å². The van der Waals surface area contributed by atoms with E-state index < -0.39 is 31.6 Å². The van der Waals surface area contributed by atoms with Crippen LogP contribution < -0.4 is 31.9 Å². The summed E-state index contributed by atoms with van der Waals surface area (Å²) < 4.78 is 26.1. The predicted octanol–water partition coefficient (Wildman–Crippen LogP) is 24.7. The topological polar surface area (TPSA) is 29.6 Å². The molecule has 0 fully saturated rings. The van der Waals surface area contributed by atoms with Crippen LogP contribution >= 0.6 is 0 Å². The van der Waals surface area contributed by atoms with Gasteiger partial charge in [0, 0.05) is 32.9 Å². The predicted molar refractivity (Wildman–Crippen MR) is 546 cm³/mol. The SMILES string of the molecule is c1cc[c]([Ge]([c]2ccccc2)([c]2ccccc2)[c]2cccc(-n3c4ccccc4c4cc(-n5c6ccccc6c6cc(-n7c8ccccc8c8ccccc87)ccc65)ccc43)c2)cc1.c1cc[c]([Sn]([c]2ccccc2)([c]2ccccc2)[c]2cccc(-n3c4ccccc4c4cc(-n5c6ccccc6c6cc(-n7c8ccccc8c8ccccc87)ccc65)ccc43)c2)cc1. The van der Waals surface area contributed by atoms with Gasteiger partial charge in [-0.05, 0) is 24.3 Å². The average molecular weight is 1800 g/mol. The Kier molecular flexibility index (Phi) is 18.0. The number of rotatable bonds is 14. The van der Waals surface area contributed by atoms with Gasteiger partial charge in [0.15, 0.2) is 0 Å². The van der Waals surface area contributed by atoms with Crippen LogP contribution in [0.15, 0.2) is 497 Å². The zero-order chi connectivity index (χ0) is 84.4. The Morgan fingerprint density at radius 3 is 0.578 bits per heavy atom. The molecule has 26 rings (SSSR count). The summed E-state index contributed by atoms with van der Waals surface area (Å²) in [6.45, 7) is 0. The van der Waals surface area contributed by atoms with Crippen molar-refractivity contribution >= 4 is 194 Å². The van der Waals surface area contributed by atoms with Gasteiger partial charge in [-0.1, -0.05) is 84.9 Å². The van der Waals surface area contributed by atoms with Crippen molar-refractivity contribution in [2.24, 2.45) is 0 Å². The summed E-state index contributed by atoms with van der Waals surface area (Å²) in [5.41, 5.74) is 21.4. The average Bonchev–Trinajstić information content (AvgIpc) is 1.66. The zero-order valence-electron chi connectivity index (χ0n) is 70.0. The van der Waals surface area contributed by atoms with Crippen LogP contribution in [-0.2, 0) is 0 Å². The third-order valence-electron chi connectivity index (χ3n) is 27.1. The Balaban J connectivity index is 0.000000139. The number of fused-ring (bicyclic) bond motifs is 18. The third kappa shape index (κ3) is 11.7. The first kappa shape index (κ1) is 75.1. The molecule has 0 atom stereocenters. The van der Waals surface area contributed by atoms with Gasteiger partial charge in [0.05, 0.1) is 22.1 Å². The molecule has 0 N–H and O–H groups in total. The molecule has 0 spiro atoms. The van der Waals surface area contributed by atoms with Crippen LogP contribution in [0.25, 0.3) is 165 Å². The van der Waals surface area contributed by atoms with Crippen molar-refractivity contribution in [3.63, 3.8) is 0 Å². The molecule has 0 radical (unpaired) electrons. The number of hydrogen-bond acceptors (Lipinski definition) is 0. The monoisotopic (exact) mass is 1800 g/mol. The summed E-state index contributed by atoms with van der Waals surface area (Å²) in [7, 11) is 0. The van der Waals surface area contributed by atoms with Gasteiger partial charge in [0.25, 0.3) is 0 Å². The molecule has 6 nitrogen and oxygen atoms in total. The van der Waals surface area contributed by atoms with Gasteiger partial charge >= 0.3 is 580 Å². The maximum atomic E-state index is 2.50. The normalized spacial score (nSPS) is 12.1. The molecule has 0 aliphatic carbocycles. The molecule has 128 heavy (non-hydrogen) atoms. The molecule has 6 heterocycles. The molecule has 26 aromatic rings. The Bertz CT molecular complexity index is 8010. The minimum atomic E-state index is -3.87. The second-order valence-electron chi connectivity index (χ2n) is 33.8. The fourth-order valence-electron chi connectivity index (χ4n) is 21.8. The first-order chi connectivity index (χ1) is 63.5. The molecule has 0 aliphatic rings. The van der Waals surface area contributed by atoms with Gasteiger partial charge in [-0.25, -0.2) is 0 Å². The van der Waals surface area contributed by atoms with Crippen LogP contribution in [0.5, 0.6) is 0 Å². The van der Waals surface area contributed by atoms with Gasteiger partial charge in [-0.2, -0.15) is 0 Å². The Morgan fingerprint density at radius 1 is 0.125 bits per heavy atom. The minimum absolute atomic E-state index is 1.14. The number of hydrogen-bond donors (Lipinski definition) is 0. The first-order valence-corrected chi connectivity index (χ1v) is 54.1. The van der Waals surface area contributed by atoms with Crippen molar-refractivity contribution in [3.05, 3.63) is 497 Å². The summed E-state index contributed by atoms with van der Waals surface area (Å²) in [4.78, 5) is 0. The molecule has 8 heteroatoms. The second-order valence-corrected chi connectivity index (χ2v) is 52.6. The summed E-state index contributed by atoms with van der Waals surface area (Å²) in [6.07, 6.45) is 0. The van der Waals surface area contributed by atoms with Crippen LogP contribution in [0, 0.1) is 0 Å². The molecule has 0 saturated carbocycles. The quantitative estimate of drug-likeness (QED) is 0.0972. The van der Waals surface area contributed by atoms with Crippen molar-refractivity contribution in [1.82, 2.24) is 27.4 Å². The van der Waals surface area contributed by atoms with E-state index in [-0.39, 0.29) is 0 Å². The molecule has 0 unspecified atom stereocenters. The molecule has 0 bridgehead atoms. The maximum absolute atomic E-state index is 3.87. The molecular formula is C120H82GeN6Sn. The number of benzene rings is 20. The van der Waals surface area contributed by atoms with Gasteiger partial charge in [-0.15, -0.1) is 0 Å². The van der Waals surface area contributed by atoms with E-state index in [1.54, 1.807) is 0 Å². The van der Waals surface area contributed by atoms with Crippen molar-refractivity contribution in [1.29, 1.82) is 0 Å². The third-order valence-corrected chi connectivity index (χ3v) is 50.8. The van der Waals surface area contributed by atoms with Gasteiger partial charge in [0.1, 0.15) is 0 Å². The van der Waals surface area contributed by atoms with E-state index in [1.807, 2.05) is 0 Å². The van der Waals surface area contributed by atoms with Crippen LogP contribution in [0.4, 0.5) is 0 Å². The molecule has 600 valence electrons. The number of nitrogens with zero attached hydrogens (tertiary/aromatic N) is 6.